The minimum Gasteiger partial charge on any atom is -0.352 e. The zero-order valence-corrected chi connectivity index (χ0v) is 21.9. The van der Waals surface area contributed by atoms with Crippen LogP contribution in [-0.4, -0.2) is 37.0 Å². The van der Waals surface area contributed by atoms with Gasteiger partial charge in [0.1, 0.15) is 5.82 Å². The molecule has 0 bridgehead atoms. The lowest BCUT2D eigenvalue weighted by molar-refractivity contribution is -0.116. The number of aryl methyl sites for hydroxylation is 1. The van der Waals surface area contributed by atoms with Gasteiger partial charge in [-0.05, 0) is 66.7 Å². The molecular formula is C28H27ClN6OS. The molecule has 188 valence electrons. The Hall–Kier alpha value is -3.75. The molecule has 1 fully saturated rings. The van der Waals surface area contributed by atoms with Gasteiger partial charge in [0.15, 0.2) is 5.11 Å². The van der Waals surface area contributed by atoms with Gasteiger partial charge in [-0.15, -0.1) is 0 Å². The average Bonchev–Trinajstić information content (AvgIpc) is 3.53. The van der Waals surface area contributed by atoms with Gasteiger partial charge in [-0.25, -0.2) is 4.98 Å². The molecule has 0 unspecified atom stereocenters. The van der Waals surface area contributed by atoms with E-state index in [1.54, 1.807) is 12.4 Å². The maximum atomic E-state index is 13.0. The summed E-state index contributed by atoms with van der Waals surface area (Å²) in [6.07, 6.45) is 6.50. The van der Waals surface area contributed by atoms with Crippen LogP contribution < -0.4 is 10.6 Å². The van der Waals surface area contributed by atoms with Crippen LogP contribution in [0.2, 0.25) is 5.02 Å². The highest BCUT2D eigenvalue weighted by molar-refractivity contribution is 7.80. The molecule has 3 aromatic heterocycles. The number of hydrogen-bond donors (Lipinski definition) is 2. The highest BCUT2D eigenvalue weighted by Gasteiger charge is 2.41. The van der Waals surface area contributed by atoms with E-state index in [0.717, 1.165) is 34.9 Å². The predicted molar refractivity (Wildman–Crippen MR) is 150 cm³/mol. The molecule has 4 aromatic rings. The Balaban J connectivity index is 1.43. The number of para-hydroxylation sites is 1. The van der Waals surface area contributed by atoms with Crippen molar-refractivity contribution in [3.63, 3.8) is 0 Å². The van der Waals surface area contributed by atoms with Crippen LogP contribution in [0.4, 0.5) is 5.69 Å². The summed E-state index contributed by atoms with van der Waals surface area (Å²) in [5.74, 6) is 0.689. The molecule has 0 aliphatic carbocycles. The van der Waals surface area contributed by atoms with E-state index >= 15 is 0 Å². The maximum absolute atomic E-state index is 13.0. The zero-order chi connectivity index (χ0) is 25.8. The van der Waals surface area contributed by atoms with Crippen molar-refractivity contribution in [2.45, 2.75) is 31.8 Å². The van der Waals surface area contributed by atoms with Gasteiger partial charge in [-0.2, -0.15) is 0 Å². The molecule has 0 saturated carbocycles. The topological polar surface area (TPSA) is 75.1 Å². The molecule has 1 aliphatic rings. The summed E-state index contributed by atoms with van der Waals surface area (Å²) in [4.78, 5) is 24.2. The number of nitrogens with zero attached hydrogens (tertiary/aromatic N) is 4. The third-order valence-electron chi connectivity index (χ3n) is 6.49. The Morgan fingerprint density at radius 2 is 1.92 bits per heavy atom. The fourth-order valence-corrected chi connectivity index (χ4v) is 5.15. The summed E-state index contributed by atoms with van der Waals surface area (Å²) in [7, 11) is 0. The monoisotopic (exact) mass is 530 g/mol. The lowest BCUT2D eigenvalue weighted by atomic mass is 10.0. The minimum absolute atomic E-state index is 0.0570. The Morgan fingerprint density at radius 3 is 2.68 bits per heavy atom. The number of pyridine rings is 2. The van der Waals surface area contributed by atoms with Crippen molar-refractivity contribution in [2.24, 2.45) is 0 Å². The van der Waals surface area contributed by atoms with Crippen LogP contribution in [0.1, 0.15) is 42.4 Å². The van der Waals surface area contributed by atoms with Crippen LogP contribution in [0.25, 0.3) is 5.82 Å². The van der Waals surface area contributed by atoms with Gasteiger partial charge >= 0.3 is 0 Å². The first-order valence-corrected chi connectivity index (χ1v) is 13.0. The standard InChI is InChI=1S/C28H27ClN6OS/c1-2-19-8-3-4-9-21(19)32-25(36)14-17-35-27(26(33-28(35)37)22-10-5-6-15-30-22)23-11-7-16-34(23)24-13-12-20(29)18-31-24/h3-13,15-16,18,26-27H,2,14,17H2,1H3,(H,32,36)(H,33,37)/t26-,27-/m1/s1. The van der Waals surface area contributed by atoms with Crippen molar-refractivity contribution in [1.82, 2.24) is 24.8 Å². The number of halogens is 1. The fraction of sp³-hybridized carbons (Fsp3) is 0.214. The van der Waals surface area contributed by atoms with Crippen LogP contribution in [0.3, 0.4) is 0 Å². The molecule has 1 amide bonds. The molecule has 1 saturated heterocycles. The van der Waals surface area contributed by atoms with Gasteiger partial charge in [0.25, 0.3) is 0 Å². The van der Waals surface area contributed by atoms with Gasteiger partial charge in [0.05, 0.1) is 22.8 Å². The molecule has 37 heavy (non-hydrogen) atoms. The maximum Gasteiger partial charge on any atom is 0.226 e. The Labute approximate surface area is 226 Å². The van der Waals surface area contributed by atoms with Crippen LogP contribution >= 0.6 is 23.8 Å². The zero-order valence-electron chi connectivity index (χ0n) is 20.3. The number of carbonyl (C=O) groups excluding carboxylic acids is 1. The largest absolute Gasteiger partial charge is 0.352 e. The fourth-order valence-electron chi connectivity index (χ4n) is 4.71. The van der Waals surface area contributed by atoms with E-state index in [0.29, 0.717) is 16.7 Å². The number of aromatic nitrogens is 3. The van der Waals surface area contributed by atoms with E-state index in [2.05, 4.69) is 38.5 Å². The molecular weight excluding hydrogens is 504 g/mol. The number of nitrogens with one attached hydrogen (secondary N) is 2. The lowest BCUT2D eigenvalue weighted by Gasteiger charge is -2.28. The number of thiocarbonyl (C=S) groups is 1. The molecule has 2 atom stereocenters. The molecule has 7 nitrogen and oxygen atoms in total. The molecule has 1 aliphatic heterocycles. The third kappa shape index (κ3) is 5.35. The van der Waals surface area contributed by atoms with E-state index in [-0.39, 0.29) is 24.4 Å². The van der Waals surface area contributed by atoms with E-state index in [1.807, 2.05) is 71.4 Å². The quantitative estimate of drug-likeness (QED) is 0.294. The van der Waals surface area contributed by atoms with Gasteiger partial charge in [0, 0.05) is 42.9 Å². The minimum atomic E-state index is -0.203. The van der Waals surface area contributed by atoms with Crippen molar-refractivity contribution in [2.75, 3.05) is 11.9 Å². The number of anilines is 1. The number of amides is 1. The molecule has 2 N–H and O–H groups in total. The summed E-state index contributed by atoms with van der Waals surface area (Å²) < 4.78 is 2.02. The van der Waals surface area contributed by atoms with Crippen molar-refractivity contribution >= 4 is 40.5 Å². The molecule has 0 radical (unpaired) electrons. The second kappa shape index (κ2) is 11.1. The van der Waals surface area contributed by atoms with Crippen LogP contribution in [-0.2, 0) is 11.2 Å². The molecule has 4 heterocycles. The van der Waals surface area contributed by atoms with E-state index < -0.39 is 0 Å². The van der Waals surface area contributed by atoms with Crippen molar-refractivity contribution in [3.05, 3.63) is 107 Å². The Morgan fingerprint density at radius 1 is 1.08 bits per heavy atom. The van der Waals surface area contributed by atoms with Gasteiger partial charge < -0.3 is 20.1 Å². The number of hydrogen-bond acceptors (Lipinski definition) is 4. The summed E-state index contributed by atoms with van der Waals surface area (Å²) in [6.45, 7) is 2.52. The van der Waals surface area contributed by atoms with E-state index in [1.165, 1.54) is 0 Å². The first-order chi connectivity index (χ1) is 18.0. The number of benzene rings is 1. The van der Waals surface area contributed by atoms with Crippen molar-refractivity contribution < 1.29 is 4.79 Å². The third-order valence-corrected chi connectivity index (χ3v) is 7.07. The summed E-state index contributed by atoms with van der Waals surface area (Å²) in [6, 6.07) is 21.0. The van der Waals surface area contributed by atoms with Crippen LogP contribution in [0.15, 0.2) is 85.3 Å². The van der Waals surface area contributed by atoms with Crippen molar-refractivity contribution in [3.8, 4) is 5.82 Å². The average molecular weight is 531 g/mol. The summed E-state index contributed by atoms with van der Waals surface area (Å²) >= 11 is 11.9. The first-order valence-electron chi connectivity index (χ1n) is 12.2. The molecule has 0 spiro atoms. The molecule has 5 rings (SSSR count). The Bertz CT molecular complexity index is 1390. The second-order valence-corrected chi connectivity index (χ2v) is 9.59. The van der Waals surface area contributed by atoms with Crippen LogP contribution in [0.5, 0.6) is 0 Å². The summed E-state index contributed by atoms with van der Waals surface area (Å²) in [5, 5.41) is 7.67. The van der Waals surface area contributed by atoms with E-state index in [4.69, 9.17) is 23.8 Å². The first kappa shape index (κ1) is 24.9. The molecule has 1 aromatic carbocycles. The SMILES string of the molecule is CCc1ccccc1NC(=O)CCN1C(=S)N[C@H](c2ccccn2)[C@H]1c1cccn1-c1ccc(Cl)cn1. The van der Waals surface area contributed by atoms with Gasteiger partial charge in [-0.3, -0.25) is 9.78 Å². The lowest BCUT2D eigenvalue weighted by Crippen LogP contribution is -2.33. The number of carbonyl (C=O) groups is 1. The smallest absolute Gasteiger partial charge is 0.226 e. The highest BCUT2D eigenvalue weighted by Crippen LogP contribution is 2.39. The summed E-state index contributed by atoms with van der Waals surface area (Å²) in [5.41, 5.74) is 3.81. The van der Waals surface area contributed by atoms with Crippen LogP contribution in [0, 0.1) is 0 Å². The predicted octanol–water partition coefficient (Wildman–Crippen LogP) is 5.48. The van der Waals surface area contributed by atoms with E-state index in [9.17, 15) is 4.79 Å². The number of rotatable bonds is 8. The van der Waals surface area contributed by atoms with Crippen molar-refractivity contribution in [1.29, 1.82) is 0 Å². The normalized spacial score (nSPS) is 17.0. The second-order valence-electron chi connectivity index (χ2n) is 8.77. The molecule has 9 heteroatoms. The van der Waals surface area contributed by atoms with Gasteiger partial charge in [0.2, 0.25) is 5.91 Å². The van der Waals surface area contributed by atoms with Gasteiger partial charge in [-0.1, -0.05) is 42.8 Å². The Kier molecular flexibility index (Phi) is 7.48. The highest BCUT2D eigenvalue weighted by atomic mass is 35.5.